The first-order valence-corrected chi connectivity index (χ1v) is 8.00. The van der Waals surface area contributed by atoms with E-state index in [1.165, 1.54) is 6.26 Å². The van der Waals surface area contributed by atoms with Crippen molar-refractivity contribution in [3.05, 3.63) is 78.6 Å². The molecule has 0 saturated carbocycles. The van der Waals surface area contributed by atoms with E-state index < -0.39 is 0 Å². The maximum absolute atomic E-state index is 12.6. The van der Waals surface area contributed by atoms with Crippen molar-refractivity contribution in [2.45, 2.75) is 6.92 Å². The van der Waals surface area contributed by atoms with Gasteiger partial charge in [-0.15, -0.1) is 0 Å². The summed E-state index contributed by atoms with van der Waals surface area (Å²) in [6, 6.07) is 12.6. The van der Waals surface area contributed by atoms with E-state index in [2.05, 4.69) is 20.4 Å². The summed E-state index contributed by atoms with van der Waals surface area (Å²) in [7, 11) is 0. The van der Waals surface area contributed by atoms with E-state index in [4.69, 9.17) is 4.42 Å². The number of rotatable bonds is 4. The third-order valence-corrected chi connectivity index (χ3v) is 3.86. The third-order valence-electron chi connectivity index (χ3n) is 3.86. The topological polar surface area (TPSA) is 85.8 Å². The van der Waals surface area contributed by atoms with Gasteiger partial charge >= 0.3 is 0 Å². The summed E-state index contributed by atoms with van der Waals surface area (Å²) >= 11 is 0. The lowest BCUT2D eigenvalue weighted by Gasteiger charge is -2.09. The number of anilines is 1. The highest BCUT2D eigenvalue weighted by molar-refractivity contribution is 6.03. The molecule has 0 saturated heterocycles. The lowest BCUT2D eigenvalue weighted by molar-refractivity contribution is 0.102. The highest BCUT2D eigenvalue weighted by Gasteiger charge is 2.12. The first-order chi connectivity index (χ1) is 12.7. The molecule has 128 valence electrons. The molecule has 1 amide bonds. The summed E-state index contributed by atoms with van der Waals surface area (Å²) in [6.07, 6.45) is 6.53. The molecule has 1 N–H and O–H groups in total. The zero-order valence-electron chi connectivity index (χ0n) is 14.0. The zero-order valence-corrected chi connectivity index (χ0v) is 14.0. The van der Waals surface area contributed by atoms with E-state index in [9.17, 15) is 4.79 Å². The second-order valence-corrected chi connectivity index (χ2v) is 5.65. The minimum absolute atomic E-state index is 0.302. The van der Waals surface area contributed by atoms with Crippen molar-refractivity contribution >= 4 is 11.6 Å². The molecular formula is C19H15N5O2. The van der Waals surface area contributed by atoms with Crippen LogP contribution in [0.25, 0.3) is 17.3 Å². The monoisotopic (exact) mass is 345 g/mol. The predicted molar refractivity (Wildman–Crippen MR) is 96.0 cm³/mol. The van der Waals surface area contributed by atoms with Gasteiger partial charge in [-0.1, -0.05) is 12.1 Å². The fourth-order valence-electron chi connectivity index (χ4n) is 2.56. The van der Waals surface area contributed by atoms with Crippen molar-refractivity contribution in [1.29, 1.82) is 0 Å². The molecule has 4 rings (SSSR count). The highest BCUT2D eigenvalue weighted by atomic mass is 16.3. The minimum atomic E-state index is -0.304. The van der Waals surface area contributed by atoms with Crippen molar-refractivity contribution in [1.82, 2.24) is 19.7 Å². The lowest BCUT2D eigenvalue weighted by atomic mass is 10.1. The zero-order chi connectivity index (χ0) is 17.9. The van der Waals surface area contributed by atoms with E-state index in [1.54, 1.807) is 47.5 Å². The number of oxazole rings is 1. The standard InChI is InChI=1S/C19H15N5O2/c1-13-6-7-14(12-15(13)19-20-9-11-26-19)22-18(25)16-4-2-5-17(23-16)24-10-3-8-21-24/h2-12H,1H3,(H,22,25). The van der Waals surface area contributed by atoms with Crippen LogP contribution in [-0.4, -0.2) is 25.7 Å². The first-order valence-electron chi connectivity index (χ1n) is 8.00. The van der Waals surface area contributed by atoms with Gasteiger partial charge in [0, 0.05) is 23.6 Å². The number of benzene rings is 1. The lowest BCUT2D eigenvalue weighted by Crippen LogP contribution is -2.15. The molecule has 26 heavy (non-hydrogen) atoms. The number of amides is 1. The Morgan fingerprint density at radius 3 is 2.85 bits per heavy atom. The van der Waals surface area contributed by atoms with Crippen LogP contribution >= 0.6 is 0 Å². The van der Waals surface area contributed by atoms with Crippen LogP contribution in [0.3, 0.4) is 0 Å². The van der Waals surface area contributed by atoms with E-state index in [0.29, 0.717) is 23.1 Å². The number of carbonyl (C=O) groups is 1. The van der Waals surface area contributed by atoms with Crippen LogP contribution in [-0.2, 0) is 0 Å². The van der Waals surface area contributed by atoms with Crippen molar-refractivity contribution < 1.29 is 9.21 Å². The number of carbonyl (C=O) groups excluding carboxylic acids is 1. The number of aryl methyl sites for hydroxylation is 1. The Hall–Kier alpha value is -3.74. The average Bonchev–Trinajstić information content (AvgIpc) is 3.37. The maximum atomic E-state index is 12.6. The van der Waals surface area contributed by atoms with Crippen LogP contribution in [0.15, 0.2) is 71.7 Å². The molecule has 1 aromatic carbocycles. The second-order valence-electron chi connectivity index (χ2n) is 5.65. The molecule has 3 aromatic heterocycles. The van der Waals surface area contributed by atoms with Gasteiger partial charge in [-0.3, -0.25) is 4.79 Å². The predicted octanol–water partition coefficient (Wildman–Crippen LogP) is 3.48. The molecule has 0 bridgehead atoms. The largest absolute Gasteiger partial charge is 0.445 e. The van der Waals surface area contributed by atoms with Gasteiger partial charge in [-0.2, -0.15) is 5.10 Å². The van der Waals surface area contributed by atoms with Gasteiger partial charge in [0.05, 0.1) is 6.20 Å². The summed E-state index contributed by atoms with van der Waals surface area (Å²) in [5.41, 5.74) is 2.77. The number of nitrogens with zero attached hydrogens (tertiary/aromatic N) is 4. The Balaban J connectivity index is 1.59. The molecule has 0 fully saturated rings. The van der Waals surface area contributed by atoms with E-state index in [1.807, 2.05) is 25.1 Å². The van der Waals surface area contributed by atoms with Crippen molar-refractivity contribution in [3.63, 3.8) is 0 Å². The molecule has 0 unspecified atom stereocenters. The Morgan fingerprint density at radius 2 is 2.08 bits per heavy atom. The van der Waals surface area contributed by atoms with E-state index in [0.717, 1.165) is 11.1 Å². The fourth-order valence-corrected chi connectivity index (χ4v) is 2.56. The molecule has 4 aromatic rings. The van der Waals surface area contributed by atoms with E-state index in [-0.39, 0.29) is 5.91 Å². The van der Waals surface area contributed by atoms with Crippen LogP contribution in [0.5, 0.6) is 0 Å². The molecule has 0 aliphatic heterocycles. The van der Waals surface area contributed by atoms with Crippen LogP contribution in [0.2, 0.25) is 0 Å². The molecule has 0 radical (unpaired) electrons. The highest BCUT2D eigenvalue weighted by Crippen LogP contribution is 2.25. The third kappa shape index (κ3) is 3.10. The number of pyridine rings is 1. The number of hydrogen-bond donors (Lipinski definition) is 1. The van der Waals surface area contributed by atoms with Crippen LogP contribution in [0.1, 0.15) is 16.1 Å². The van der Waals surface area contributed by atoms with Crippen molar-refractivity contribution in [2.75, 3.05) is 5.32 Å². The fraction of sp³-hybridized carbons (Fsp3) is 0.0526. The first kappa shape index (κ1) is 15.8. The quantitative estimate of drug-likeness (QED) is 0.612. The van der Waals surface area contributed by atoms with Gasteiger partial charge in [0.25, 0.3) is 5.91 Å². The molecule has 0 aliphatic carbocycles. The molecule has 3 heterocycles. The summed E-state index contributed by atoms with van der Waals surface area (Å²) in [4.78, 5) is 21.1. The molecule has 0 aliphatic rings. The van der Waals surface area contributed by atoms with Gasteiger partial charge in [0.1, 0.15) is 12.0 Å². The van der Waals surface area contributed by atoms with Crippen LogP contribution < -0.4 is 5.32 Å². The summed E-state index contributed by atoms with van der Waals surface area (Å²) in [5, 5.41) is 6.99. The molecule has 0 atom stereocenters. The molecular weight excluding hydrogens is 330 g/mol. The van der Waals surface area contributed by atoms with Gasteiger partial charge in [0.15, 0.2) is 5.82 Å². The summed E-state index contributed by atoms with van der Waals surface area (Å²) in [5.74, 6) is 0.783. The second kappa shape index (κ2) is 6.64. The Morgan fingerprint density at radius 1 is 1.15 bits per heavy atom. The molecule has 0 spiro atoms. The Kier molecular flexibility index (Phi) is 4.03. The minimum Gasteiger partial charge on any atom is -0.445 e. The summed E-state index contributed by atoms with van der Waals surface area (Å²) in [6.45, 7) is 1.96. The molecule has 7 nitrogen and oxygen atoms in total. The number of hydrogen-bond acceptors (Lipinski definition) is 5. The Labute approximate surface area is 149 Å². The Bertz CT molecular complexity index is 1040. The smallest absolute Gasteiger partial charge is 0.274 e. The van der Waals surface area contributed by atoms with Crippen LogP contribution in [0.4, 0.5) is 5.69 Å². The van der Waals surface area contributed by atoms with Gasteiger partial charge < -0.3 is 9.73 Å². The normalized spacial score (nSPS) is 10.7. The van der Waals surface area contributed by atoms with Crippen molar-refractivity contribution in [3.8, 4) is 17.3 Å². The van der Waals surface area contributed by atoms with E-state index >= 15 is 0 Å². The SMILES string of the molecule is Cc1ccc(NC(=O)c2cccc(-n3cccn3)n2)cc1-c1ncco1. The number of aromatic nitrogens is 4. The average molecular weight is 345 g/mol. The maximum Gasteiger partial charge on any atom is 0.274 e. The molecule has 7 heteroatoms. The van der Waals surface area contributed by atoms with Crippen LogP contribution in [0, 0.1) is 6.92 Å². The van der Waals surface area contributed by atoms with Crippen molar-refractivity contribution in [2.24, 2.45) is 0 Å². The van der Waals surface area contributed by atoms with Gasteiger partial charge in [-0.25, -0.2) is 14.6 Å². The van der Waals surface area contributed by atoms with Gasteiger partial charge in [-0.05, 0) is 42.8 Å². The summed E-state index contributed by atoms with van der Waals surface area (Å²) < 4.78 is 6.96. The van der Waals surface area contributed by atoms with Gasteiger partial charge in [0.2, 0.25) is 5.89 Å². The number of nitrogens with one attached hydrogen (secondary N) is 1.